The van der Waals surface area contributed by atoms with Gasteiger partial charge in [0.1, 0.15) is 11.5 Å². The molecule has 2 aromatic heterocycles. The molecule has 4 heteroatoms. The van der Waals surface area contributed by atoms with Gasteiger partial charge in [-0.1, -0.05) is 6.92 Å². The molecule has 2 aromatic rings. The Hall–Kier alpha value is -1.13. The van der Waals surface area contributed by atoms with Crippen LogP contribution >= 0.6 is 11.3 Å². The third-order valence-electron chi connectivity index (χ3n) is 2.46. The Balaban J connectivity index is 2.05. The van der Waals surface area contributed by atoms with Gasteiger partial charge in [-0.25, -0.2) is 4.98 Å². The van der Waals surface area contributed by atoms with E-state index in [1.807, 2.05) is 24.4 Å². The molecule has 0 saturated heterocycles. The van der Waals surface area contributed by atoms with Crippen LogP contribution in [0.25, 0.3) is 0 Å². The summed E-state index contributed by atoms with van der Waals surface area (Å²) < 4.78 is 5.63. The summed E-state index contributed by atoms with van der Waals surface area (Å²) in [6.45, 7) is 4.06. The van der Waals surface area contributed by atoms with Crippen LogP contribution in [-0.2, 0) is 12.8 Å². The highest BCUT2D eigenvalue weighted by atomic mass is 32.1. The maximum Gasteiger partial charge on any atom is 0.121 e. The highest BCUT2D eigenvalue weighted by Crippen LogP contribution is 2.20. The highest BCUT2D eigenvalue weighted by Gasteiger charge is 2.13. The largest absolute Gasteiger partial charge is 0.464 e. The lowest BCUT2D eigenvalue weighted by molar-refractivity contribution is 0.434. The first kappa shape index (κ1) is 11.4. The van der Waals surface area contributed by atoms with Crippen molar-refractivity contribution < 1.29 is 4.42 Å². The molecular weight excluding hydrogens is 220 g/mol. The van der Waals surface area contributed by atoms with Crippen molar-refractivity contribution in [3.63, 3.8) is 0 Å². The normalized spacial score (nSPS) is 12.9. The summed E-state index contributed by atoms with van der Waals surface area (Å²) >= 11 is 1.65. The minimum absolute atomic E-state index is 0.0918. The first-order valence-corrected chi connectivity index (χ1v) is 6.32. The lowest BCUT2D eigenvalue weighted by Crippen LogP contribution is -2.12. The molecule has 0 radical (unpaired) electrons. The van der Waals surface area contributed by atoms with Crippen molar-refractivity contribution in [1.29, 1.82) is 0 Å². The molecule has 3 nitrogen and oxygen atoms in total. The van der Waals surface area contributed by atoms with E-state index in [1.54, 1.807) is 11.3 Å². The Labute approximate surface area is 99.3 Å². The SMILES string of the molecule is CCc1ccc(C(N)Cc2nc(C)cs2)o1. The van der Waals surface area contributed by atoms with Gasteiger partial charge in [0.05, 0.1) is 11.0 Å². The van der Waals surface area contributed by atoms with Gasteiger partial charge in [0.25, 0.3) is 0 Å². The number of nitrogens with two attached hydrogens (primary N) is 1. The second-order valence-corrected chi connectivity index (χ2v) is 4.79. The summed E-state index contributed by atoms with van der Waals surface area (Å²) in [6.07, 6.45) is 1.65. The van der Waals surface area contributed by atoms with Gasteiger partial charge < -0.3 is 10.2 Å². The van der Waals surface area contributed by atoms with Gasteiger partial charge in [0, 0.05) is 23.9 Å². The molecule has 0 amide bonds. The summed E-state index contributed by atoms with van der Waals surface area (Å²) in [5.41, 5.74) is 7.13. The van der Waals surface area contributed by atoms with Crippen molar-refractivity contribution in [1.82, 2.24) is 4.98 Å². The summed E-state index contributed by atoms with van der Waals surface area (Å²) in [4.78, 5) is 4.40. The predicted molar refractivity (Wildman–Crippen MR) is 65.6 cm³/mol. The van der Waals surface area contributed by atoms with Crippen molar-refractivity contribution >= 4 is 11.3 Å². The van der Waals surface area contributed by atoms with E-state index >= 15 is 0 Å². The Morgan fingerprint density at radius 2 is 2.31 bits per heavy atom. The van der Waals surface area contributed by atoms with Crippen LogP contribution < -0.4 is 5.73 Å². The van der Waals surface area contributed by atoms with E-state index in [0.717, 1.165) is 35.1 Å². The maximum absolute atomic E-state index is 6.08. The van der Waals surface area contributed by atoms with E-state index < -0.39 is 0 Å². The molecule has 1 unspecified atom stereocenters. The second kappa shape index (κ2) is 4.80. The Morgan fingerprint density at radius 3 is 2.88 bits per heavy atom. The smallest absolute Gasteiger partial charge is 0.121 e. The molecule has 86 valence electrons. The Morgan fingerprint density at radius 1 is 1.50 bits per heavy atom. The fraction of sp³-hybridized carbons (Fsp3) is 0.417. The van der Waals surface area contributed by atoms with Crippen molar-refractivity contribution in [2.75, 3.05) is 0 Å². The molecular formula is C12H16N2OS. The van der Waals surface area contributed by atoms with Gasteiger partial charge in [-0.15, -0.1) is 11.3 Å². The molecule has 1 atom stereocenters. The molecule has 0 aliphatic carbocycles. The summed E-state index contributed by atoms with van der Waals surface area (Å²) in [7, 11) is 0. The topological polar surface area (TPSA) is 52.0 Å². The quantitative estimate of drug-likeness (QED) is 0.888. The summed E-state index contributed by atoms with van der Waals surface area (Å²) in [6, 6.07) is 3.86. The average Bonchev–Trinajstić information content (AvgIpc) is 2.87. The molecule has 0 aromatic carbocycles. The molecule has 0 bridgehead atoms. The van der Waals surface area contributed by atoms with Crippen molar-refractivity contribution in [3.8, 4) is 0 Å². The van der Waals surface area contributed by atoms with Crippen molar-refractivity contribution in [3.05, 3.63) is 39.7 Å². The van der Waals surface area contributed by atoms with E-state index in [-0.39, 0.29) is 6.04 Å². The third kappa shape index (κ3) is 2.51. The lowest BCUT2D eigenvalue weighted by atomic mass is 10.2. The van der Waals surface area contributed by atoms with E-state index in [0.29, 0.717) is 0 Å². The molecule has 0 aliphatic rings. The standard InChI is InChI=1S/C12H16N2OS/c1-3-9-4-5-11(15-9)10(13)6-12-14-8(2)7-16-12/h4-5,7,10H,3,6,13H2,1-2H3. The highest BCUT2D eigenvalue weighted by molar-refractivity contribution is 7.09. The Kier molecular flexibility index (Phi) is 3.41. The van der Waals surface area contributed by atoms with Gasteiger partial charge >= 0.3 is 0 Å². The van der Waals surface area contributed by atoms with E-state index in [9.17, 15) is 0 Å². The van der Waals surface area contributed by atoms with Gasteiger partial charge in [-0.2, -0.15) is 0 Å². The molecule has 0 fully saturated rings. The summed E-state index contributed by atoms with van der Waals surface area (Å²) in [5.74, 6) is 1.84. The van der Waals surface area contributed by atoms with E-state index in [2.05, 4.69) is 11.9 Å². The molecule has 2 heterocycles. The number of thiazole rings is 1. The van der Waals surface area contributed by atoms with Crippen molar-refractivity contribution in [2.45, 2.75) is 32.7 Å². The van der Waals surface area contributed by atoms with Gasteiger partial charge in [0.2, 0.25) is 0 Å². The maximum atomic E-state index is 6.08. The fourth-order valence-electron chi connectivity index (χ4n) is 1.57. The second-order valence-electron chi connectivity index (χ2n) is 3.85. The number of aromatic nitrogens is 1. The van der Waals surface area contributed by atoms with Crippen LogP contribution in [0.5, 0.6) is 0 Å². The van der Waals surface area contributed by atoms with Crippen LogP contribution in [0.15, 0.2) is 21.9 Å². The lowest BCUT2D eigenvalue weighted by Gasteiger charge is -2.05. The number of hydrogen-bond acceptors (Lipinski definition) is 4. The molecule has 0 aliphatic heterocycles. The third-order valence-corrected chi connectivity index (χ3v) is 3.45. The number of hydrogen-bond donors (Lipinski definition) is 1. The van der Waals surface area contributed by atoms with Crippen LogP contribution in [0.2, 0.25) is 0 Å². The minimum Gasteiger partial charge on any atom is -0.464 e. The van der Waals surface area contributed by atoms with Crippen LogP contribution in [-0.4, -0.2) is 4.98 Å². The van der Waals surface area contributed by atoms with E-state index in [1.165, 1.54) is 0 Å². The van der Waals surface area contributed by atoms with Crippen LogP contribution in [0, 0.1) is 6.92 Å². The van der Waals surface area contributed by atoms with Crippen LogP contribution in [0.3, 0.4) is 0 Å². The first-order valence-electron chi connectivity index (χ1n) is 5.44. The average molecular weight is 236 g/mol. The van der Waals surface area contributed by atoms with Crippen molar-refractivity contribution in [2.24, 2.45) is 5.73 Å². The Bertz CT molecular complexity index is 461. The number of furan rings is 1. The van der Waals surface area contributed by atoms with Gasteiger partial charge in [-0.05, 0) is 19.1 Å². The van der Waals surface area contributed by atoms with Crippen LogP contribution in [0.4, 0.5) is 0 Å². The predicted octanol–water partition coefficient (Wildman–Crippen LogP) is 2.85. The van der Waals surface area contributed by atoms with Gasteiger partial charge in [0.15, 0.2) is 0 Å². The number of rotatable bonds is 4. The zero-order valence-electron chi connectivity index (χ0n) is 9.56. The molecule has 16 heavy (non-hydrogen) atoms. The molecule has 0 spiro atoms. The zero-order valence-corrected chi connectivity index (χ0v) is 10.4. The zero-order chi connectivity index (χ0) is 11.5. The van der Waals surface area contributed by atoms with E-state index in [4.69, 9.17) is 10.2 Å². The van der Waals surface area contributed by atoms with Gasteiger partial charge in [-0.3, -0.25) is 0 Å². The first-order chi connectivity index (χ1) is 7.69. The minimum atomic E-state index is -0.0918. The fourth-order valence-corrected chi connectivity index (χ4v) is 2.40. The monoisotopic (exact) mass is 236 g/mol. The molecule has 2 N–H and O–H groups in total. The number of nitrogens with zero attached hydrogens (tertiary/aromatic N) is 1. The molecule has 0 saturated carbocycles. The molecule has 2 rings (SSSR count). The van der Waals surface area contributed by atoms with Crippen LogP contribution in [0.1, 0.15) is 35.2 Å². The summed E-state index contributed by atoms with van der Waals surface area (Å²) in [5, 5.41) is 3.11. The number of aryl methyl sites for hydroxylation is 2.